The fourth-order valence-electron chi connectivity index (χ4n) is 3.83. The minimum atomic E-state index is -3.56. The summed E-state index contributed by atoms with van der Waals surface area (Å²) in [7, 11) is 0. The third-order valence-electron chi connectivity index (χ3n) is 4.84. The average Bonchev–Trinajstić information content (AvgIpc) is 2.49. The minimum Gasteiger partial charge on any atom is -0.396 e. The molecule has 1 aromatic carbocycles. The number of allylic oxidation sites excluding steroid dienone is 1. The number of carbonyl (C=O) groups is 2. The maximum absolute atomic E-state index is 14.4. The van der Waals surface area contributed by atoms with Crippen molar-refractivity contribution < 1.29 is 18.4 Å². The van der Waals surface area contributed by atoms with Crippen LogP contribution in [0.2, 0.25) is 0 Å². The third kappa shape index (κ3) is 2.50. The molecule has 1 fully saturated rings. The molecule has 0 unspecified atom stereocenters. The van der Waals surface area contributed by atoms with Gasteiger partial charge in [-0.15, -0.1) is 0 Å². The topological polar surface area (TPSA) is 63.4 Å². The van der Waals surface area contributed by atoms with E-state index >= 15 is 0 Å². The Morgan fingerprint density at radius 1 is 1.21 bits per heavy atom. The zero-order valence-corrected chi connectivity index (χ0v) is 13.7. The summed E-state index contributed by atoms with van der Waals surface area (Å²) in [5, 5.41) is 0. The highest BCUT2D eigenvalue weighted by atomic mass is 19.3. The summed E-state index contributed by atoms with van der Waals surface area (Å²) in [6, 6.07) is 7.07. The van der Waals surface area contributed by atoms with Crippen LogP contribution in [0, 0.1) is 10.8 Å². The second kappa shape index (κ2) is 5.13. The number of Topliss-reactive ketones (excluding diaryl/α,β-unsaturated/α-hetero) is 1. The first-order chi connectivity index (χ1) is 11.1. The first kappa shape index (κ1) is 16.6. The van der Waals surface area contributed by atoms with Gasteiger partial charge in [0, 0.05) is 29.5 Å². The third-order valence-corrected chi connectivity index (χ3v) is 4.84. The summed E-state index contributed by atoms with van der Waals surface area (Å²) in [5.74, 6) is -4.90. The number of carbonyl (C=O) groups excluding carboxylic acids is 2. The van der Waals surface area contributed by atoms with Crippen molar-refractivity contribution in [3.63, 3.8) is 0 Å². The van der Waals surface area contributed by atoms with Crippen LogP contribution in [0.1, 0.15) is 25.8 Å². The van der Waals surface area contributed by atoms with Crippen LogP contribution < -0.4 is 5.73 Å². The molecule has 3 rings (SSSR count). The van der Waals surface area contributed by atoms with Crippen molar-refractivity contribution in [1.82, 2.24) is 4.90 Å². The molecule has 0 atom stereocenters. The van der Waals surface area contributed by atoms with E-state index in [2.05, 4.69) is 0 Å². The second-order valence-electron chi connectivity index (χ2n) is 7.45. The number of amides is 1. The number of likely N-dealkylation sites (tertiary alicyclic amines) is 1. The number of rotatable bonds is 2. The van der Waals surface area contributed by atoms with Crippen molar-refractivity contribution in [2.24, 2.45) is 16.6 Å². The highest BCUT2D eigenvalue weighted by Gasteiger charge is 2.55. The fraction of sp³-hybridized carbons (Fsp3) is 0.444. The molecule has 1 heterocycles. The fourth-order valence-corrected chi connectivity index (χ4v) is 3.83. The van der Waals surface area contributed by atoms with E-state index in [9.17, 15) is 18.4 Å². The predicted molar refractivity (Wildman–Crippen MR) is 85.0 cm³/mol. The van der Waals surface area contributed by atoms with Crippen molar-refractivity contribution in [3.8, 4) is 0 Å². The van der Waals surface area contributed by atoms with E-state index in [1.165, 1.54) is 24.3 Å². The molecule has 4 nitrogen and oxygen atoms in total. The van der Waals surface area contributed by atoms with Crippen LogP contribution in [0.3, 0.4) is 0 Å². The molecule has 24 heavy (non-hydrogen) atoms. The van der Waals surface area contributed by atoms with Gasteiger partial charge in [-0.3, -0.25) is 9.59 Å². The number of halogens is 2. The Hall–Kier alpha value is -2.24. The standard InChI is InChI=1S/C18H20F2N2O2/c1-16(2)9-17(8-13(21)14(16)23)10-22(11-17)15(24)18(19,20)12-6-4-3-5-7-12/h3-8H,9-11,21H2,1-2H3. The maximum atomic E-state index is 14.4. The number of hydrogen-bond donors (Lipinski definition) is 1. The normalized spacial score (nSPS) is 22.1. The Morgan fingerprint density at radius 2 is 1.79 bits per heavy atom. The summed E-state index contributed by atoms with van der Waals surface area (Å²) in [5.41, 5.74) is 4.52. The van der Waals surface area contributed by atoms with Gasteiger partial charge in [0.15, 0.2) is 5.78 Å². The quantitative estimate of drug-likeness (QED) is 0.903. The molecule has 1 spiro atoms. The van der Waals surface area contributed by atoms with E-state index in [4.69, 9.17) is 5.73 Å². The summed E-state index contributed by atoms with van der Waals surface area (Å²) in [6.07, 6.45) is 2.14. The van der Waals surface area contributed by atoms with Gasteiger partial charge in [0.05, 0.1) is 5.70 Å². The number of ketones is 1. The molecule has 1 amide bonds. The first-order valence-corrected chi connectivity index (χ1v) is 7.83. The monoisotopic (exact) mass is 334 g/mol. The molecule has 0 bridgehead atoms. The van der Waals surface area contributed by atoms with E-state index in [1.807, 2.05) is 0 Å². The van der Waals surface area contributed by atoms with Crippen LogP contribution >= 0.6 is 0 Å². The zero-order chi connectivity index (χ0) is 17.8. The van der Waals surface area contributed by atoms with E-state index < -0.39 is 22.7 Å². The van der Waals surface area contributed by atoms with Gasteiger partial charge in [0.1, 0.15) is 0 Å². The maximum Gasteiger partial charge on any atom is 0.349 e. The van der Waals surface area contributed by atoms with Crippen LogP contribution in [0.4, 0.5) is 8.78 Å². The lowest BCUT2D eigenvalue weighted by atomic mass is 9.62. The summed E-state index contributed by atoms with van der Waals surface area (Å²) in [4.78, 5) is 25.4. The molecular formula is C18H20F2N2O2. The van der Waals surface area contributed by atoms with Gasteiger partial charge in [-0.05, 0) is 12.5 Å². The number of benzene rings is 1. The smallest absolute Gasteiger partial charge is 0.349 e. The molecule has 1 aliphatic carbocycles. The summed E-state index contributed by atoms with van der Waals surface area (Å²) in [6.45, 7) is 3.90. The van der Waals surface area contributed by atoms with Gasteiger partial charge in [0.25, 0.3) is 5.91 Å². The lowest BCUT2D eigenvalue weighted by molar-refractivity contribution is -0.171. The molecule has 0 radical (unpaired) electrons. The first-order valence-electron chi connectivity index (χ1n) is 7.83. The average molecular weight is 334 g/mol. The Kier molecular flexibility index (Phi) is 3.55. The van der Waals surface area contributed by atoms with Gasteiger partial charge in [-0.2, -0.15) is 8.78 Å². The van der Waals surface area contributed by atoms with Crippen LogP contribution in [0.5, 0.6) is 0 Å². The van der Waals surface area contributed by atoms with E-state index in [1.54, 1.807) is 26.0 Å². The van der Waals surface area contributed by atoms with Crippen LogP contribution in [-0.2, 0) is 15.5 Å². The molecule has 1 aromatic rings. The lowest BCUT2D eigenvalue weighted by Gasteiger charge is -2.53. The molecule has 1 aliphatic heterocycles. The number of nitrogens with zero attached hydrogens (tertiary/aromatic N) is 1. The van der Waals surface area contributed by atoms with E-state index in [0.717, 1.165) is 4.90 Å². The van der Waals surface area contributed by atoms with Crippen molar-refractivity contribution >= 4 is 11.7 Å². The van der Waals surface area contributed by atoms with E-state index in [-0.39, 0.29) is 30.1 Å². The van der Waals surface area contributed by atoms with Gasteiger partial charge in [-0.1, -0.05) is 44.2 Å². The Balaban J connectivity index is 1.77. The highest BCUT2D eigenvalue weighted by Crippen LogP contribution is 2.48. The van der Waals surface area contributed by atoms with Crippen LogP contribution in [0.15, 0.2) is 42.1 Å². The number of hydrogen-bond acceptors (Lipinski definition) is 3. The lowest BCUT2D eigenvalue weighted by Crippen LogP contribution is -2.63. The van der Waals surface area contributed by atoms with Crippen LogP contribution in [-0.4, -0.2) is 29.7 Å². The molecule has 128 valence electrons. The van der Waals surface area contributed by atoms with E-state index in [0.29, 0.717) is 6.42 Å². The Morgan fingerprint density at radius 3 is 2.33 bits per heavy atom. The predicted octanol–water partition coefficient (Wildman–Crippen LogP) is 2.45. The molecule has 6 heteroatoms. The summed E-state index contributed by atoms with van der Waals surface area (Å²) >= 11 is 0. The summed E-state index contributed by atoms with van der Waals surface area (Å²) < 4.78 is 28.8. The Labute approximate surface area is 139 Å². The largest absolute Gasteiger partial charge is 0.396 e. The highest BCUT2D eigenvalue weighted by molar-refractivity contribution is 6.00. The van der Waals surface area contributed by atoms with Gasteiger partial charge in [-0.25, -0.2) is 0 Å². The van der Waals surface area contributed by atoms with Gasteiger partial charge < -0.3 is 10.6 Å². The van der Waals surface area contributed by atoms with Crippen LogP contribution in [0.25, 0.3) is 0 Å². The number of nitrogens with two attached hydrogens (primary N) is 1. The Bertz CT molecular complexity index is 720. The molecule has 2 aliphatic rings. The SMILES string of the molecule is CC1(C)CC2(C=C(N)C1=O)CN(C(=O)C(F)(F)c1ccccc1)C2. The van der Waals surface area contributed by atoms with Gasteiger partial charge >= 0.3 is 5.92 Å². The van der Waals surface area contributed by atoms with Crippen molar-refractivity contribution in [2.75, 3.05) is 13.1 Å². The molecule has 0 saturated carbocycles. The number of alkyl halides is 2. The van der Waals surface area contributed by atoms with Gasteiger partial charge in [0.2, 0.25) is 0 Å². The van der Waals surface area contributed by atoms with Crippen molar-refractivity contribution in [2.45, 2.75) is 26.2 Å². The molecule has 1 saturated heterocycles. The molecule has 2 N–H and O–H groups in total. The molecular weight excluding hydrogens is 314 g/mol. The van der Waals surface area contributed by atoms with Crippen molar-refractivity contribution in [3.05, 3.63) is 47.7 Å². The second-order valence-corrected chi connectivity index (χ2v) is 7.45. The minimum absolute atomic E-state index is 0.132. The molecule has 0 aromatic heterocycles. The zero-order valence-electron chi connectivity index (χ0n) is 13.7. The van der Waals surface area contributed by atoms with Crippen molar-refractivity contribution in [1.29, 1.82) is 0 Å².